The van der Waals surface area contributed by atoms with E-state index in [0.29, 0.717) is 22.9 Å². The zero-order valence-electron chi connectivity index (χ0n) is 25.6. The number of pyridine rings is 1. The molecule has 0 saturated heterocycles. The minimum Gasteiger partial charge on any atom is -0.490 e. The second-order valence-corrected chi connectivity index (χ2v) is 11.5. The number of methoxy groups -OCH3 is 1. The minimum atomic E-state index is -0.507. The number of nitrogens with one attached hydrogen (secondary N) is 1. The van der Waals surface area contributed by atoms with Gasteiger partial charge in [-0.25, -0.2) is 9.78 Å². The Morgan fingerprint density at radius 2 is 1.41 bits per heavy atom. The zero-order valence-corrected chi connectivity index (χ0v) is 25.6. The van der Waals surface area contributed by atoms with Gasteiger partial charge in [0.25, 0.3) is 0 Å². The van der Waals surface area contributed by atoms with Crippen molar-refractivity contribution in [1.29, 1.82) is 0 Å². The lowest BCUT2D eigenvalue weighted by Gasteiger charge is -2.20. The molecule has 1 amide bonds. The van der Waals surface area contributed by atoms with Crippen molar-refractivity contribution >= 4 is 28.3 Å². The summed E-state index contributed by atoms with van der Waals surface area (Å²) in [4.78, 5) is 29.0. The smallest absolute Gasteiger partial charge is 0.339 e. The average Bonchev–Trinajstić information content (AvgIpc) is 3.03. The van der Waals surface area contributed by atoms with Crippen LogP contribution in [0.4, 0.5) is 5.69 Å². The molecule has 0 bridgehead atoms. The number of hydrogen-bond donors (Lipinski definition) is 1. The van der Waals surface area contributed by atoms with Gasteiger partial charge in [-0.1, -0.05) is 75.3 Å². The molecule has 7 nitrogen and oxygen atoms in total. The molecule has 1 N–H and O–H groups in total. The summed E-state index contributed by atoms with van der Waals surface area (Å²) in [5.74, 6) is 1.28. The van der Waals surface area contributed by atoms with Crippen LogP contribution in [0.2, 0.25) is 0 Å². The monoisotopic (exact) mass is 594 g/mol. The number of benzene rings is 3. The van der Waals surface area contributed by atoms with Gasteiger partial charge in [-0.15, -0.1) is 0 Å². The predicted molar refractivity (Wildman–Crippen MR) is 174 cm³/mol. The molecule has 7 heteroatoms. The fraction of sp³-hybridized carbons (Fsp3) is 0.378. The lowest BCUT2D eigenvalue weighted by atomic mass is 9.99. The first-order valence-electron chi connectivity index (χ1n) is 15.9. The largest absolute Gasteiger partial charge is 0.490 e. The maximum atomic E-state index is 12.6. The van der Waals surface area contributed by atoms with Gasteiger partial charge in [0.05, 0.1) is 30.9 Å². The van der Waals surface area contributed by atoms with E-state index in [1.807, 2.05) is 18.2 Å². The molecule has 1 aliphatic rings. The predicted octanol–water partition coefficient (Wildman–Crippen LogP) is 9.05. The molecule has 44 heavy (non-hydrogen) atoms. The van der Waals surface area contributed by atoms with Gasteiger partial charge in [-0.2, -0.15) is 0 Å². The molecule has 0 spiro atoms. The Kier molecular flexibility index (Phi) is 11.2. The van der Waals surface area contributed by atoms with E-state index in [1.54, 1.807) is 42.6 Å². The highest BCUT2D eigenvalue weighted by Gasteiger charge is 2.15. The van der Waals surface area contributed by atoms with Crippen LogP contribution in [0.5, 0.6) is 17.4 Å². The Morgan fingerprint density at radius 3 is 2.07 bits per heavy atom. The van der Waals surface area contributed by atoms with Crippen molar-refractivity contribution in [3.63, 3.8) is 0 Å². The van der Waals surface area contributed by atoms with Crippen LogP contribution in [0, 0.1) is 0 Å². The summed E-state index contributed by atoms with van der Waals surface area (Å²) >= 11 is 0. The molecular formula is C37H42N2O5. The first-order valence-corrected chi connectivity index (χ1v) is 15.9. The highest BCUT2D eigenvalue weighted by atomic mass is 16.5. The number of ether oxygens (including phenoxy) is 3. The molecule has 3 aromatic carbocycles. The molecule has 0 unspecified atom stereocenters. The van der Waals surface area contributed by atoms with Crippen molar-refractivity contribution in [2.75, 3.05) is 12.4 Å². The summed E-state index contributed by atoms with van der Waals surface area (Å²) in [5.41, 5.74) is 1.43. The quantitative estimate of drug-likeness (QED) is 0.205. The van der Waals surface area contributed by atoms with Crippen molar-refractivity contribution in [2.45, 2.75) is 83.2 Å². The molecule has 1 saturated carbocycles. The standard InChI is InChI=1S/C37H42N2O5/c1-42-37(41)33-15-11-12-16-34(33)39-35(40)23-27-17-22-36(38-26-27)44-32-21-19-28-24-31(20-18-29(28)25-32)43-30-13-9-7-5-3-2-4-6-8-10-14-30/h11-12,15-22,24-26,30H,2-10,13-14,23H2,1H3,(H,39,40). The van der Waals surface area contributed by atoms with Crippen molar-refractivity contribution < 1.29 is 23.8 Å². The van der Waals surface area contributed by atoms with Crippen LogP contribution >= 0.6 is 0 Å². The fourth-order valence-corrected chi connectivity index (χ4v) is 5.73. The van der Waals surface area contributed by atoms with Gasteiger partial charge in [0, 0.05) is 12.3 Å². The van der Waals surface area contributed by atoms with Gasteiger partial charge in [0.15, 0.2) is 0 Å². The summed E-state index contributed by atoms with van der Waals surface area (Å²) in [7, 11) is 1.31. The van der Waals surface area contributed by atoms with Gasteiger partial charge in [0.1, 0.15) is 11.5 Å². The highest BCUT2D eigenvalue weighted by molar-refractivity contribution is 6.01. The normalized spacial score (nSPS) is 15.0. The summed E-state index contributed by atoms with van der Waals surface area (Å²) in [6, 6.07) is 22.5. The van der Waals surface area contributed by atoms with E-state index < -0.39 is 5.97 Å². The molecule has 1 heterocycles. The number of hydrogen-bond acceptors (Lipinski definition) is 6. The topological polar surface area (TPSA) is 86.8 Å². The number of anilines is 1. The molecule has 1 aromatic heterocycles. The van der Waals surface area contributed by atoms with Gasteiger partial charge in [-0.3, -0.25) is 4.79 Å². The number of esters is 1. The number of aromatic nitrogens is 1. The van der Waals surface area contributed by atoms with Crippen molar-refractivity contribution in [2.24, 2.45) is 0 Å². The maximum Gasteiger partial charge on any atom is 0.339 e. The molecule has 0 aliphatic heterocycles. The molecule has 1 fully saturated rings. The first-order chi connectivity index (χ1) is 21.6. The molecule has 230 valence electrons. The molecule has 0 atom stereocenters. The number of para-hydroxylation sites is 1. The number of rotatable bonds is 8. The summed E-state index contributed by atoms with van der Waals surface area (Å²) in [6.45, 7) is 0. The highest BCUT2D eigenvalue weighted by Crippen LogP contribution is 2.29. The van der Waals surface area contributed by atoms with Crippen molar-refractivity contribution in [1.82, 2.24) is 4.98 Å². The Bertz CT molecular complexity index is 1520. The third-order valence-corrected chi connectivity index (χ3v) is 8.13. The summed E-state index contributed by atoms with van der Waals surface area (Å²) in [6.07, 6.45) is 16.2. The first kappa shape index (κ1) is 31.0. The Morgan fingerprint density at radius 1 is 0.773 bits per heavy atom. The van der Waals surface area contributed by atoms with E-state index in [0.717, 1.165) is 34.9 Å². The Labute approximate surface area is 259 Å². The van der Waals surface area contributed by atoms with Crippen LogP contribution in [0.25, 0.3) is 10.8 Å². The van der Waals surface area contributed by atoms with Crippen LogP contribution in [-0.4, -0.2) is 30.1 Å². The minimum absolute atomic E-state index is 0.101. The molecular weight excluding hydrogens is 552 g/mol. The van der Waals surface area contributed by atoms with Gasteiger partial charge in [0.2, 0.25) is 11.8 Å². The van der Waals surface area contributed by atoms with Gasteiger partial charge in [-0.05, 0) is 78.4 Å². The third kappa shape index (κ3) is 9.06. The Hall–Kier alpha value is -4.39. The van der Waals surface area contributed by atoms with E-state index >= 15 is 0 Å². The van der Waals surface area contributed by atoms with Crippen molar-refractivity contribution in [3.8, 4) is 17.4 Å². The number of amides is 1. The van der Waals surface area contributed by atoms with E-state index in [4.69, 9.17) is 14.2 Å². The van der Waals surface area contributed by atoms with Crippen LogP contribution in [0.3, 0.4) is 0 Å². The van der Waals surface area contributed by atoms with Crippen molar-refractivity contribution in [3.05, 3.63) is 90.1 Å². The Balaban J connectivity index is 1.16. The summed E-state index contributed by atoms with van der Waals surface area (Å²) in [5, 5.41) is 4.95. The molecule has 5 rings (SSSR count). The number of carbonyl (C=O) groups excluding carboxylic acids is 2. The van der Waals surface area contributed by atoms with E-state index in [2.05, 4.69) is 28.5 Å². The van der Waals surface area contributed by atoms with Crippen LogP contribution < -0.4 is 14.8 Å². The van der Waals surface area contributed by atoms with Gasteiger partial charge < -0.3 is 19.5 Å². The number of carbonyl (C=O) groups is 2. The fourth-order valence-electron chi connectivity index (χ4n) is 5.73. The zero-order chi connectivity index (χ0) is 30.6. The van der Waals surface area contributed by atoms with E-state index in [-0.39, 0.29) is 18.4 Å². The second-order valence-electron chi connectivity index (χ2n) is 11.5. The van der Waals surface area contributed by atoms with Crippen LogP contribution in [0.15, 0.2) is 79.0 Å². The molecule has 1 aliphatic carbocycles. The third-order valence-electron chi connectivity index (χ3n) is 8.13. The van der Waals surface area contributed by atoms with Crippen LogP contribution in [-0.2, 0) is 16.0 Å². The SMILES string of the molecule is COC(=O)c1ccccc1NC(=O)Cc1ccc(Oc2ccc3cc(OC4CCCCCCCCCCC4)ccc3c2)nc1. The molecule has 0 radical (unpaired) electrons. The van der Waals surface area contributed by atoms with E-state index in [9.17, 15) is 9.59 Å². The molecule has 4 aromatic rings. The number of fused-ring (bicyclic) bond motifs is 1. The van der Waals surface area contributed by atoms with Gasteiger partial charge >= 0.3 is 5.97 Å². The maximum absolute atomic E-state index is 12.6. The lowest BCUT2D eigenvalue weighted by Crippen LogP contribution is -2.17. The lowest BCUT2D eigenvalue weighted by molar-refractivity contribution is -0.115. The van der Waals surface area contributed by atoms with E-state index in [1.165, 1.54) is 64.9 Å². The average molecular weight is 595 g/mol. The second kappa shape index (κ2) is 15.9. The number of nitrogens with zero attached hydrogens (tertiary/aromatic N) is 1. The summed E-state index contributed by atoms with van der Waals surface area (Å²) < 4.78 is 17.3. The van der Waals surface area contributed by atoms with Crippen LogP contribution in [0.1, 0.15) is 86.6 Å².